The third kappa shape index (κ3) is 6.27. The van der Waals surface area contributed by atoms with Crippen molar-refractivity contribution in [2.75, 3.05) is 0 Å². The fraction of sp³-hybridized carbons (Fsp3) is 0.364. The summed E-state index contributed by atoms with van der Waals surface area (Å²) < 4.78 is 34.4. The molecule has 0 bridgehead atoms. The number of halogens is 2. The molecule has 1 aromatic carbocycles. The molecule has 1 aromatic rings. The fourth-order valence-corrected chi connectivity index (χ4v) is 4.71. The van der Waals surface area contributed by atoms with Gasteiger partial charge >= 0.3 is 26.2 Å². The Hall–Kier alpha value is -0.447. The van der Waals surface area contributed by atoms with Crippen LogP contribution in [0.2, 0.25) is 0 Å². The van der Waals surface area contributed by atoms with Crippen molar-refractivity contribution in [1.29, 1.82) is 0 Å². The van der Waals surface area contributed by atoms with Crippen LogP contribution in [0.25, 0.3) is 5.57 Å². The van der Waals surface area contributed by atoms with Crippen molar-refractivity contribution >= 4 is 15.7 Å². The summed E-state index contributed by atoms with van der Waals surface area (Å²) in [5, 5.41) is 0. The molecule has 0 spiro atoms. The molecule has 7 heteroatoms. The topological polar surface area (TPSA) is 54.4 Å². The molecule has 0 saturated carbocycles. The van der Waals surface area contributed by atoms with Crippen LogP contribution in [-0.4, -0.2) is 13.0 Å². The summed E-state index contributed by atoms with van der Waals surface area (Å²) in [6, 6.07) is 10.0. The number of unbranched alkanes of at least 4 members (excludes halogenated alkanes) is 2. The first-order valence-corrected chi connectivity index (χ1v) is 10.8. The Morgan fingerprint density at radius 1 is 0.828 bits per heavy atom. The van der Waals surface area contributed by atoms with Crippen LogP contribution in [0.4, 0.5) is 0 Å². The van der Waals surface area contributed by atoms with Gasteiger partial charge in [-0.1, -0.05) is 57.0 Å². The monoisotopic (exact) mass is 530 g/mol. The van der Waals surface area contributed by atoms with Gasteiger partial charge in [-0.2, -0.15) is 8.42 Å². The van der Waals surface area contributed by atoms with Gasteiger partial charge in [-0.15, -0.1) is 0 Å². The number of hydrogen-bond acceptors (Lipinski definition) is 2. The van der Waals surface area contributed by atoms with Crippen LogP contribution in [0.1, 0.15) is 57.9 Å². The minimum Gasteiger partial charge on any atom is -1.00 e. The predicted octanol–water partition coefficient (Wildman–Crippen LogP) is -0.152. The fourth-order valence-electron chi connectivity index (χ4n) is 3.72. The third-order valence-corrected chi connectivity index (χ3v) is 5.96. The molecule has 0 heterocycles. The van der Waals surface area contributed by atoms with E-state index in [4.69, 9.17) is 0 Å². The molecule has 2 aliphatic carbocycles. The smallest absolute Gasteiger partial charge is 1.00 e. The van der Waals surface area contributed by atoms with Gasteiger partial charge in [0, 0.05) is 5.57 Å². The van der Waals surface area contributed by atoms with Gasteiger partial charge in [0.25, 0.3) is 10.1 Å². The van der Waals surface area contributed by atoms with E-state index in [9.17, 15) is 13.0 Å². The van der Waals surface area contributed by atoms with Crippen molar-refractivity contribution in [2.45, 2.75) is 52.4 Å². The van der Waals surface area contributed by atoms with E-state index in [-0.39, 0.29) is 55.9 Å². The second-order valence-electron chi connectivity index (χ2n) is 6.92. The molecule has 0 aliphatic heterocycles. The summed E-state index contributed by atoms with van der Waals surface area (Å²) in [6.45, 7) is 4.21. The first-order chi connectivity index (χ1) is 12.5. The number of hydrogen-bond donors (Lipinski definition) is 1. The van der Waals surface area contributed by atoms with E-state index in [1.54, 1.807) is 0 Å². The van der Waals surface area contributed by atoms with Gasteiger partial charge in [-0.3, -0.25) is 4.55 Å². The van der Waals surface area contributed by atoms with Crippen molar-refractivity contribution < 1.29 is 64.0 Å². The quantitative estimate of drug-likeness (QED) is 0.474. The number of rotatable bonds is 8. The second kappa shape index (κ2) is 12.4. The van der Waals surface area contributed by atoms with Gasteiger partial charge in [0.05, 0.1) is 0 Å². The minimum atomic E-state index is -4.26. The van der Waals surface area contributed by atoms with Crippen molar-refractivity contribution in [3.05, 3.63) is 75.2 Å². The molecule has 0 fully saturated rings. The van der Waals surface area contributed by atoms with Gasteiger partial charge in [0.2, 0.25) is 0 Å². The van der Waals surface area contributed by atoms with E-state index >= 15 is 0 Å². The van der Waals surface area contributed by atoms with E-state index in [0.29, 0.717) is 6.42 Å². The number of allylic oxidation sites excluding steroid dienone is 7. The molecule has 156 valence electrons. The van der Waals surface area contributed by atoms with Crippen LogP contribution in [-0.2, 0) is 36.3 Å². The van der Waals surface area contributed by atoms with Gasteiger partial charge < -0.3 is 24.8 Å². The Balaban J connectivity index is 0.00000261. The molecular formula is C22H26Cl2O3SZr. The number of fused-ring (bicyclic) bond motifs is 1. The van der Waals surface area contributed by atoms with E-state index in [0.717, 1.165) is 65.5 Å². The molecule has 29 heavy (non-hydrogen) atoms. The van der Waals surface area contributed by atoms with Crippen LogP contribution in [0.5, 0.6) is 0 Å². The second-order valence-corrected chi connectivity index (χ2v) is 8.28. The zero-order valence-corrected chi connectivity index (χ0v) is 21.5. The van der Waals surface area contributed by atoms with Gasteiger partial charge in [-0.25, -0.2) is 0 Å². The Bertz CT molecular complexity index is 930. The number of benzene rings is 1. The Kier molecular flexibility index (Phi) is 12.2. The van der Waals surface area contributed by atoms with E-state index < -0.39 is 10.1 Å². The third-order valence-electron chi connectivity index (χ3n) is 4.98. The summed E-state index contributed by atoms with van der Waals surface area (Å²) in [6.07, 6.45) is 9.49. The maximum Gasteiger partial charge on any atom is 2.00 e. The van der Waals surface area contributed by atoms with Gasteiger partial charge in [0.1, 0.15) is 4.91 Å². The standard InChI is InChI=1S/C22H26O3S.2ClH.Zr/c1-3-5-10-17-14-19(16-12-8-7-9-13-16)20-15-18(11-6-4-2)22(21(17)20)26(23,24)25;;;/h7-9,12-15H,3-6,10-11H2,1-2H3,(H,23,24,25);2*1H;/q;;;+2/p-2. The molecule has 3 rings (SSSR count). The molecular weight excluding hydrogens is 506 g/mol. The average Bonchev–Trinajstić information content (AvgIpc) is 3.15. The summed E-state index contributed by atoms with van der Waals surface area (Å²) in [7, 11) is -4.26. The molecule has 3 nitrogen and oxygen atoms in total. The zero-order valence-electron chi connectivity index (χ0n) is 16.7. The molecule has 0 amide bonds. The van der Waals surface area contributed by atoms with Crippen molar-refractivity contribution in [1.82, 2.24) is 0 Å². The summed E-state index contributed by atoms with van der Waals surface area (Å²) >= 11 is 0. The SMILES string of the molecule is CCCCC1=C2C(=CC(CCCC)=C2S(=O)(=O)O)C(c2ccccc2)=C1.[Cl-].[Cl-].[Zr+2]. The Morgan fingerprint density at radius 2 is 1.34 bits per heavy atom. The zero-order chi connectivity index (χ0) is 18.7. The summed E-state index contributed by atoms with van der Waals surface area (Å²) in [5.41, 5.74) is 5.58. The minimum absolute atomic E-state index is 0. The van der Waals surface area contributed by atoms with Gasteiger partial charge in [0.15, 0.2) is 0 Å². The summed E-state index contributed by atoms with van der Waals surface area (Å²) in [5.74, 6) is 0. The predicted molar refractivity (Wildman–Crippen MR) is 107 cm³/mol. The van der Waals surface area contributed by atoms with Crippen LogP contribution in [0.3, 0.4) is 0 Å². The molecule has 1 N–H and O–H groups in total. The molecule has 0 atom stereocenters. The van der Waals surface area contributed by atoms with Crippen molar-refractivity contribution in [2.24, 2.45) is 0 Å². The van der Waals surface area contributed by atoms with Crippen molar-refractivity contribution in [3.8, 4) is 0 Å². The maximum absolute atomic E-state index is 12.2. The average molecular weight is 533 g/mol. The van der Waals surface area contributed by atoms with Gasteiger partial charge in [-0.05, 0) is 65.7 Å². The summed E-state index contributed by atoms with van der Waals surface area (Å²) in [4.78, 5) is 0.134. The molecule has 0 radical (unpaired) electrons. The van der Waals surface area contributed by atoms with E-state index in [2.05, 4.69) is 19.9 Å². The molecule has 0 unspecified atom stereocenters. The van der Waals surface area contributed by atoms with Crippen LogP contribution < -0.4 is 24.8 Å². The molecule has 2 aliphatic rings. The van der Waals surface area contributed by atoms with Crippen LogP contribution in [0.15, 0.2) is 69.7 Å². The maximum atomic E-state index is 12.2. The molecule has 0 aromatic heterocycles. The van der Waals surface area contributed by atoms with Crippen LogP contribution in [0, 0.1) is 0 Å². The Labute approximate surface area is 206 Å². The van der Waals surface area contributed by atoms with E-state index in [1.165, 1.54) is 0 Å². The van der Waals surface area contributed by atoms with Crippen LogP contribution >= 0.6 is 0 Å². The first-order valence-electron chi connectivity index (χ1n) is 9.41. The first kappa shape index (κ1) is 28.6. The Morgan fingerprint density at radius 3 is 1.86 bits per heavy atom. The van der Waals surface area contributed by atoms with Crippen molar-refractivity contribution in [3.63, 3.8) is 0 Å². The molecule has 0 saturated heterocycles. The van der Waals surface area contributed by atoms with E-state index in [1.807, 2.05) is 36.4 Å². The normalized spacial score (nSPS) is 15.1. The largest absolute Gasteiger partial charge is 2.00 e.